The summed E-state index contributed by atoms with van der Waals surface area (Å²) in [7, 11) is 1.25. The topological polar surface area (TPSA) is 93.5 Å². The van der Waals surface area contributed by atoms with Gasteiger partial charge in [-0.2, -0.15) is 0 Å². The fourth-order valence-corrected chi connectivity index (χ4v) is 4.98. The second-order valence-electron chi connectivity index (χ2n) is 9.02. The van der Waals surface area contributed by atoms with Crippen LogP contribution in [-0.2, 0) is 22.6 Å². The number of carbonyl (C=O) groups is 3. The molecule has 1 saturated carbocycles. The first-order valence-corrected chi connectivity index (χ1v) is 11.7. The van der Waals surface area contributed by atoms with Crippen molar-refractivity contribution in [3.63, 3.8) is 0 Å². The molecule has 2 aliphatic rings. The van der Waals surface area contributed by atoms with Gasteiger partial charge in [0.25, 0.3) is 5.91 Å². The van der Waals surface area contributed by atoms with Crippen LogP contribution in [0.25, 0.3) is 0 Å². The van der Waals surface area contributed by atoms with Crippen molar-refractivity contribution in [3.05, 3.63) is 52.6 Å². The predicted molar refractivity (Wildman–Crippen MR) is 123 cm³/mol. The molecule has 1 atom stereocenters. The lowest BCUT2D eigenvalue weighted by molar-refractivity contribution is -0.134. The van der Waals surface area contributed by atoms with Gasteiger partial charge >= 0.3 is 5.97 Å². The number of esters is 1. The normalized spacial score (nSPS) is 21.3. The zero-order chi connectivity index (χ0) is 23.6. The van der Waals surface area contributed by atoms with E-state index in [4.69, 9.17) is 16.3 Å². The Morgan fingerprint density at radius 3 is 2.64 bits per heavy atom. The number of benzene rings is 1. The highest BCUT2D eigenvalue weighted by atomic mass is 35.5. The van der Waals surface area contributed by atoms with Crippen molar-refractivity contribution in [1.29, 1.82) is 0 Å². The number of ether oxygens (including phenoxy) is 1. The number of nitrogens with zero attached hydrogens (tertiary/aromatic N) is 3. The van der Waals surface area contributed by atoms with Crippen LogP contribution in [-0.4, -0.2) is 50.9 Å². The summed E-state index contributed by atoms with van der Waals surface area (Å²) < 4.78 is 6.39. The molecule has 1 aliphatic heterocycles. The SMILES string of the molecule is COC(=O)c1ncn2c1C(=O)N(Cc1cccc(Cl)c1)[C@](C)(C(=O)NC1CCCCCC1)C2. The Bertz CT molecular complexity index is 1060. The minimum atomic E-state index is -1.17. The molecule has 4 rings (SSSR count). The van der Waals surface area contributed by atoms with E-state index in [1.165, 1.54) is 31.2 Å². The molecule has 1 N–H and O–H groups in total. The standard InChI is InChI=1S/C24H29ClN4O4/c1-24(23(32)27-18-10-5-3-4-6-11-18)14-28-15-26-19(22(31)33-2)20(28)21(30)29(24)13-16-8-7-9-17(25)12-16/h7-9,12,15,18H,3-6,10-11,13-14H2,1-2H3,(H,27,32)/t24-/m0/s1. The Labute approximate surface area is 198 Å². The molecule has 176 valence electrons. The van der Waals surface area contributed by atoms with Crippen molar-refractivity contribution in [2.75, 3.05) is 7.11 Å². The molecule has 1 aromatic carbocycles. The first kappa shape index (κ1) is 23.3. The van der Waals surface area contributed by atoms with Gasteiger partial charge in [-0.3, -0.25) is 9.59 Å². The third kappa shape index (κ3) is 4.62. The highest BCUT2D eigenvalue weighted by Crippen LogP contribution is 2.32. The lowest BCUT2D eigenvalue weighted by Gasteiger charge is -2.44. The number of nitrogens with one attached hydrogen (secondary N) is 1. The Hall–Kier alpha value is -2.87. The lowest BCUT2D eigenvalue weighted by Crippen LogP contribution is -2.64. The van der Waals surface area contributed by atoms with Gasteiger partial charge < -0.3 is 19.5 Å². The molecule has 0 radical (unpaired) electrons. The quantitative estimate of drug-likeness (QED) is 0.530. The molecule has 1 aliphatic carbocycles. The average molecular weight is 473 g/mol. The van der Waals surface area contributed by atoms with E-state index in [-0.39, 0.29) is 36.4 Å². The third-order valence-corrected chi connectivity index (χ3v) is 6.88. The largest absolute Gasteiger partial charge is 0.464 e. The molecule has 2 heterocycles. The van der Waals surface area contributed by atoms with Gasteiger partial charge in [-0.25, -0.2) is 9.78 Å². The van der Waals surface area contributed by atoms with E-state index in [1.807, 2.05) is 6.07 Å². The van der Waals surface area contributed by atoms with Crippen LogP contribution in [0.1, 0.15) is 72.0 Å². The molecule has 1 fully saturated rings. The van der Waals surface area contributed by atoms with E-state index in [0.29, 0.717) is 5.02 Å². The highest BCUT2D eigenvalue weighted by Gasteiger charge is 2.49. The molecule has 1 aromatic heterocycles. The van der Waals surface area contributed by atoms with Gasteiger partial charge in [-0.05, 0) is 37.5 Å². The minimum absolute atomic E-state index is 0.0511. The zero-order valence-electron chi connectivity index (χ0n) is 19.0. The van der Waals surface area contributed by atoms with Gasteiger partial charge in [0.15, 0.2) is 5.69 Å². The van der Waals surface area contributed by atoms with Crippen molar-refractivity contribution < 1.29 is 19.1 Å². The number of imidazole rings is 1. The van der Waals surface area contributed by atoms with E-state index in [1.54, 1.807) is 29.7 Å². The Balaban J connectivity index is 1.70. The molecule has 0 bridgehead atoms. The van der Waals surface area contributed by atoms with Gasteiger partial charge in [0, 0.05) is 17.6 Å². The Morgan fingerprint density at radius 1 is 1.24 bits per heavy atom. The fourth-order valence-electron chi connectivity index (χ4n) is 4.76. The fraction of sp³-hybridized carbons (Fsp3) is 0.500. The summed E-state index contributed by atoms with van der Waals surface area (Å²) in [6.45, 7) is 2.11. The van der Waals surface area contributed by atoms with Gasteiger partial charge in [-0.1, -0.05) is 49.4 Å². The number of amides is 2. The van der Waals surface area contributed by atoms with Gasteiger partial charge in [0.2, 0.25) is 5.91 Å². The van der Waals surface area contributed by atoms with Crippen LogP contribution in [0, 0.1) is 0 Å². The molecular weight excluding hydrogens is 444 g/mol. The molecule has 2 amide bonds. The van der Waals surface area contributed by atoms with Crippen LogP contribution in [0.5, 0.6) is 0 Å². The second-order valence-corrected chi connectivity index (χ2v) is 9.45. The second kappa shape index (κ2) is 9.55. The summed E-state index contributed by atoms with van der Waals surface area (Å²) in [6, 6.07) is 7.28. The first-order chi connectivity index (χ1) is 15.8. The number of rotatable bonds is 5. The lowest BCUT2D eigenvalue weighted by atomic mass is 9.92. The summed E-state index contributed by atoms with van der Waals surface area (Å²) in [5.74, 6) is -1.34. The molecule has 9 heteroatoms. The van der Waals surface area contributed by atoms with Crippen LogP contribution in [0.2, 0.25) is 5.02 Å². The van der Waals surface area contributed by atoms with E-state index < -0.39 is 17.4 Å². The first-order valence-electron chi connectivity index (χ1n) is 11.3. The van der Waals surface area contributed by atoms with Crippen molar-refractivity contribution >= 4 is 29.4 Å². The maximum absolute atomic E-state index is 13.7. The summed E-state index contributed by atoms with van der Waals surface area (Å²) in [5, 5.41) is 3.75. The molecule has 33 heavy (non-hydrogen) atoms. The molecule has 0 unspecified atom stereocenters. The van der Waals surface area contributed by atoms with E-state index >= 15 is 0 Å². The summed E-state index contributed by atoms with van der Waals surface area (Å²) in [5.41, 5.74) is -0.308. The predicted octanol–water partition coefficient (Wildman–Crippen LogP) is 3.58. The number of fused-ring (bicyclic) bond motifs is 1. The van der Waals surface area contributed by atoms with E-state index in [0.717, 1.165) is 31.2 Å². The minimum Gasteiger partial charge on any atom is -0.464 e. The third-order valence-electron chi connectivity index (χ3n) is 6.65. The average Bonchev–Trinajstić information content (AvgIpc) is 3.04. The monoisotopic (exact) mass is 472 g/mol. The van der Waals surface area contributed by atoms with Crippen molar-refractivity contribution in [3.8, 4) is 0 Å². The Kier molecular flexibility index (Phi) is 6.74. The van der Waals surface area contributed by atoms with Crippen LogP contribution >= 0.6 is 11.6 Å². The number of hydrogen-bond acceptors (Lipinski definition) is 5. The van der Waals surface area contributed by atoms with Crippen molar-refractivity contribution in [1.82, 2.24) is 19.8 Å². The van der Waals surface area contributed by atoms with Crippen molar-refractivity contribution in [2.24, 2.45) is 0 Å². The summed E-state index contributed by atoms with van der Waals surface area (Å²) in [6.07, 6.45) is 7.82. The number of carbonyl (C=O) groups excluding carboxylic acids is 3. The van der Waals surface area contributed by atoms with Crippen LogP contribution in [0.15, 0.2) is 30.6 Å². The molecule has 0 saturated heterocycles. The van der Waals surface area contributed by atoms with E-state index in [2.05, 4.69) is 10.3 Å². The number of aromatic nitrogens is 2. The van der Waals surface area contributed by atoms with Crippen molar-refractivity contribution in [2.45, 2.75) is 70.1 Å². The van der Waals surface area contributed by atoms with E-state index in [9.17, 15) is 14.4 Å². The molecule has 2 aromatic rings. The maximum atomic E-state index is 13.7. The molecular formula is C24H29ClN4O4. The van der Waals surface area contributed by atoms with Crippen LogP contribution < -0.4 is 5.32 Å². The number of hydrogen-bond donors (Lipinski definition) is 1. The zero-order valence-corrected chi connectivity index (χ0v) is 19.7. The summed E-state index contributed by atoms with van der Waals surface area (Å²) in [4.78, 5) is 45.2. The Morgan fingerprint density at radius 2 is 1.97 bits per heavy atom. The molecule has 0 spiro atoms. The summed E-state index contributed by atoms with van der Waals surface area (Å²) >= 11 is 6.17. The smallest absolute Gasteiger partial charge is 0.359 e. The maximum Gasteiger partial charge on any atom is 0.359 e. The molecule has 8 nitrogen and oxygen atoms in total. The van der Waals surface area contributed by atoms with Crippen LogP contribution in [0.4, 0.5) is 0 Å². The number of halogens is 1. The van der Waals surface area contributed by atoms with Gasteiger partial charge in [0.05, 0.1) is 20.0 Å². The van der Waals surface area contributed by atoms with Crippen LogP contribution in [0.3, 0.4) is 0 Å². The van der Waals surface area contributed by atoms with Gasteiger partial charge in [0.1, 0.15) is 11.2 Å². The van der Waals surface area contributed by atoms with Gasteiger partial charge in [-0.15, -0.1) is 0 Å². The highest BCUT2D eigenvalue weighted by molar-refractivity contribution is 6.30. The number of methoxy groups -OCH3 is 1.